The van der Waals surface area contributed by atoms with E-state index in [4.69, 9.17) is 16.7 Å². The van der Waals surface area contributed by atoms with Crippen molar-refractivity contribution in [2.75, 3.05) is 13.1 Å². The number of hydrogen-bond acceptors (Lipinski definition) is 5. The molecule has 3 aromatic rings. The number of Topliss-reactive ketones (excluding diaryl/α,β-unsaturated/α-hetero) is 1. The molecule has 1 aromatic carbocycles. The Morgan fingerprint density at radius 3 is 2.77 bits per heavy atom. The Morgan fingerprint density at radius 1 is 1.20 bits per heavy atom. The van der Waals surface area contributed by atoms with Crippen LogP contribution in [0.5, 0.6) is 0 Å². The van der Waals surface area contributed by atoms with E-state index in [1.165, 1.54) is 0 Å². The molecule has 1 atom stereocenters. The second-order valence-electron chi connectivity index (χ2n) is 7.94. The van der Waals surface area contributed by atoms with Gasteiger partial charge in [-0.3, -0.25) is 19.5 Å². The van der Waals surface area contributed by atoms with Gasteiger partial charge in [0.1, 0.15) is 5.78 Å². The van der Waals surface area contributed by atoms with E-state index in [2.05, 4.69) is 9.88 Å². The number of hydrogen-bond donors (Lipinski definition) is 0. The summed E-state index contributed by atoms with van der Waals surface area (Å²) in [7, 11) is 0. The molecule has 4 rings (SSSR count). The van der Waals surface area contributed by atoms with Gasteiger partial charge in [-0.15, -0.1) is 0 Å². The fraction of sp³-hybridized carbons (Fsp3) is 0.391. The summed E-state index contributed by atoms with van der Waals surface area (Å²) < 4.78 is 1.60. The van der Waals surface area contributed by atoms with Gasteiger partial charge in [0.25, 0.3) is 5.56 Å². The molecule has 6 nitrogen and oxygen atoms in total. The highest BCUT2D eigenvalue weighted by molar-refractivity contribution is 6.30. The van der Waals surface area contributed by atoms with Gasteiger partial charge < -0.3 is 0 Å². The van der Waals surface area contributed by atoms with Crippen molar-refractivity contribution in [3.63, 3.8) is 0 Å². The standard InChI is InChI=1S/C23H25ClN4O2/c1-16(29)9-12-27-11-2-3-19(27)15-28-23(30)20-8-10-25-14-21(20)22(26-28)13-17-4-6-18(24)7-5-17/h4-8,10,14,19H,2-3,9,11-13,15H2,1H3/t19-/m1/s1. The van der Waals surface area contributed by atoms with E-state index >= 15 is 0 Å². The zero-order valence-corrected chi connectivity index (χ0v) is 17.8. The molecule has 1 aliphatic rings. The SMILES string of the molecule is CC(=O)CCN1CCC[C@@H]1Cn1nc(Cc2ccc(Cl)cc2)c2cnccc2c1=O. The lowest BCUT2D eigenvalue weighted by Crippen LogP contribution is -2.38. The minimum absolute atomic E-state index is 0.0920. The van der Waals surface area contributed by atoms with E-state index in [1.54, 1.807) is 30.1 Å². The first-order valence-electron chi connectivity index (χ1n) is 10.3. The zero-order chi connectivity index (χ0) is 21.1. The van der Waals surface area contributed by atoms with E-state index in [0.717, 1.165) is 42.6 Å². The van der Waals surface area contributed by atoms with Crippen molar-refractivity contribution in [1.29, 1.82) is 0 Å². The van der Waals surface area contributed by atoms with Gasteiger partial charge in [0.05, 0.1) is 17.6 Å². The van der Waals surface area contributed by atoms with E-state index in [9.17, 15) is 9.59 Å². The lowest BCUT2D eigenvalue weighted by molar-refractivity contribution is -0.117. The van der Waals surface area contributed by atoms with Crippen molar-refractivity contribution < 1.29 is 4.79 Å². The van der Waals surface area contributed by atoms with E-state index < -0.39 is 0 Å². The lowest BCUT2D eigenvalue weighted by atomic mass is 10.1. The summed E-state index contributed by atoms with van der Waals surface area (Å²) in [5.74, 6) is 0.194. The van der Waals surface area contributed by atoms with Gasteiger partial charge in [0.15, 0.2) is 0 Å². The van der Waals surface area contributed by atoms with Gasteiger partial charge in [0, 0.05) is 48.2 Å². The molecule has 0 amide bonds. The predicted molar refractivity (Wildman–Crippen MR) is 118 cm³/mol. The topological polar surface area (TPSA) is 68.1 Å². The molecule has 1 fully saturated rings. The fourth-order valence-corrected chi connectivity index (χ4v) is 4.27. The Balaban J connectivity index is 1.66. The Kier molecular flexibility index (Phi) is 6.25. The third-order valence-corrected chi connectivity index (χ3v) is 6.01. The van der Waals surface area contributed by atoms with Crippen LogP contribution in [0.4, 0.5) is 0 Å². The second kappa shape index (κ2) is 9.06. The number of nitrogens with zero attached hydrogens (tertiary/aromatic N) is 4. The van der Waals surface area contributed by atoms with Crippen LogP contribution < -0.4 is 5.56 Å². The number of fused-ring (bicyclic) bond motifs is 1. The molecular weight excluding hydrogens is 400 g/mol. The average Bonchev–Trinajstić information content (AvgIpc) is 3.18. The molecule has 0 radical (unpaired) electrons. The van der Waals surface area contributed by atoms with Crippen molar-refractivity contribution >= 4 is 28.2 Å². The maximum Gasteiger partial charge on any atom is 0.274 e. The van der Waals surface area contributed by atoms with Crippen molar-refractivity contribution in [2.45, 2.75) is 45.2 Å². The molecule has 3 heterocycles. The normalized spacial score (nSPS) is 16.9. The number of halogens is 1. The maximum atomic E-state index is 13.1. The first kappa shape index (κ1) is 20.7. The highest BCUT2D eigenvalue weighted by atomic mass is 35.5. The molecule has 30 heavy (non-hydrogen) atoms. The number of ketones is 1. The summed E-state index contributed by atoms with van der Waals surface area (Å²) >= 11 is 6.01. The predicted octanol–water partition coefficient (Wildman–Crippen LogP) is 3.48. The van der Waals surface area contributed by atoms with Crippen LogP contribution in [0.1, 0.15) is 37.4 Å². The number of carbonyl (C=O) groups is 1. The number of carbonyl (C=O) groups excluding carboxylic acids is 1. The third-order valence-electron chi connectivity index (χ3n) is 5.76. The van der Waals surface area contributed by atoms with Crippen LogP contribution in [0.25, 0.3) is 10.8 Å². The fourth-order valence-electron chi connectivity index (χ4n) is 4.14. The molecule has 2 aromatic heterocycles. The smallest absolute Gasteiger partial charge is 0.274 e. The monoisotopic (exact) mass is 424 g/mol. The molecular formula is C23H25ClN4O2. The van der Waals surface area contributed by atoms with Crippen LogP contribution >= 0.6 is 11.6 Å². The number of rotatable bonds is 7. The summed E-state index contributed by atoms with van der Waals surface area (Å²) in [6.45, 7) is 3.85. The molecule has 1 saturated heterocycles. The van der Waals surface area contributed by atoms with E-state index in [-0.39, 0.29) is 17.4 Å². The van der Waals surface area contributed by atoms with Crippen molar-refractivity contribution in [1.82, 2.24) is 19.7 Å². The molecule has 0 unspecified atom stereocenters. The number of likely N-dealkylation sites (tertiary alicyclic amines) is 1. The number of aromatic nitrogens is 3. The molecule has 1 aliphatic heterocycles. The molecule has 0 aliphatic carbocycles. The van der Waals surface area contributed by atoms with Gasteiger partial charge in [-0.1, -0.05) is 23.7 Å². The first-order chi connectivity index (χ1) is 14.5. The van der Waals surface area contributed by atoms with Crippen LogP contribution in [-0.4, -0.2) is 44.6 Å². The minimum atomic E-state index is -0.0920. The maximum absolute atomic E-state index is 13.1. The molecule has 0 spiro atoms. The molecule has 0 bridgehead atoms. The third kappa shape index (κ3) is 4.60. The van der Waals surface area contributed by atoms with Gasteiger partial charge >= 0.3 is 0 Å². The van der Waals surface area contributed by atoms with E-state index in [0.29, 0.717) is 29.8 Å². The Hall–Kier alpha value is -2.57. The second-order valence-corrected chi connectivity index (χ2v) is 8.38. The summed E-state index contributed by atoms with van der Waals surface area (Å²) in [4.78, 5) is 31.0. The van der Waals surface area contributed by atoms with E-state index in [1.807, 2.05) is 24.3 Å². The molecule has 0 N–H and O–H groups in total. The average molecular weight is 425 g/mol. The highest BCUT2D eigenvalue weighted by Gasteiger charge is 2.26. The van der Waals surface area contributed by atoms with Crippen LogP contribution in [-0.2, 0) is 17.8 Å². The summed E-state index contributed by atoms with van der Waals surface area (Å²) in [5.41, 5.74) is 1.81. The van der Waals surface area contributed by atoms with Crippen LogP contribution in [0.2, 0.25) is 5.02 Å². The van der Waals surface area contributed by atoms with Crippen LogP contribution in [0.15, 0.2) is 47.5 Å². The van der Waals surface area contributed by atoms with Crippen LogP contribution in [0, 0.1) is 0 Å². The van der Waals surface area contributed by atoms with Crippen molar-refractivity contribution in [3.8, 4) is 0 Å². The van der Waals surface area contributed by atoms with Crippen molar-refractivity contribution in [3.05, 3.63) is 69.4 Å². The molecule has 156 valence electrons. The summed E-state index contributed by atoms with van der Waals surface area (Å²) in [5, 5.41) is 6.86. The quantitative estimate of drug-likeness (QED) is 0.580. The Labute approximate surface area is 180 Å². The van der Waals surface area contributed by atoms with Crippen molar-refractivity contribution in [2.24, 2.45) is 0 Å². The number of benzene rings is 1. The minimum Gasteiger partial charge on any atom is -0.300 e. The number of pyridine rings is 1. The van der Waals surface area contributed by atoms with Crippen LogP contribution in [0.3, 0.4) is 0 Å². The molecule has 0 saturated carbocycles. The molecule has 7 heteroatoms. The Morgan fingerprint density at radius 2 is 2.00 bits per heavy atom. The Bertz CT molecular complexity index is 1110. The zero-order valence-electron chi connectivity index (χ0n) is 17.1. The largest absolute Gasteiger partial charge is 0.300 e. The first-order valence-corrected chi connectivity index (χ1v) is 10.7. The van der Waals surface area contributed by atoms with Gasteiger partial charge in [0.2, 0.25) is 0 Å². The highest BCUT2D eigenvalue weighted by Crippen LogP contribution is 2.21. The summed E-state index contributed by atoms with van der Waals surface area (Å²) in [6.07, 6.45) is 6.59. The van der Waals surface area contributed by atoms with Gasteiger partial charge in [-0.05, 0) is 50.1 Å². The summed E-state index contributed by atoms with van der Waals surface area (Å²) in [6, 6.07) is 9.66. The van der Waals surface area contributed by atoms with Gasteiger partial charge in [-0.25, -0.2) is 4.68 Å². The van der Waals surface area contributed by atoms with Gasteiger partial charge in [-0.2, -0.15) is 5.10 Å². The lowest BCUT2D eigenvalue weighted by Gasteiger charge is -2.24.